The lowest BCUT2D eigenvalue weighted by Crippen LogP contribution is -2.48. The number of amides is 1. The molecule has 1 heterocycles. The van der Waals surface area contributed by atoms with E-state index in [2.05, 4.69) is 62.7 Å². The van der Waals surface area contributed by atoms with Crippen LogP contribution in [-0.4, -0.2) is 41.7 Å². The summed E-state index contributed by atoms with van der Waals surface area (Å²) in [5.41, 5.74) is 1.88. The van der Waals surface area contributed by atoms with E-state index in [1.807, 2.05) is 12.1 Å². The third kappa shape index (κ3) is 8.72. The van der Waals surface area contributed by atoms with E-state index in [9.17, 15) is 4.79 Å². The van der Waals surface area contributed by atoms with Gasteiger partial charge in [0, 0.05) is 31.2 Å². The summed E-state index contributed by atoms with van der Waals surface area (Å²) in [5.74, 6) is 0.537. The number of nitrogens with zero attached hydrogens (tertiary/aromatic N) is 1. The highest BCUT2D eigenvalue weighted by atomic mass is 79.9. The van der Waals surface area contributed by atoms with Gasteiger partial charge in [0.05, 0.1) is 11.1 Å². The first-order valence-electron chi connectivity index (χ1n) is 11.9. The third-order valence-corrected chi connectivity index (χ3v) is 6.69. The van der Waals surface area contributed by atoms with Crippen LogP contribution in [0, 0.1) is 0 Å². The number of unbranched alkanes of at least 4 members (excludes halogenated alkanes) is 3. The Morgan fingerprint density at radius 1 is 1.12 bits per heavy atom. The van der Waals surface area contributed by atoms with Gasteiger partial charge in [-0.25, -0.2) is 0 Å². The van der Waals surface area contributed by atoms with Crippen LogP contribution >= 0.6 is 28.1 Å². The van der Waals surface area contributed by atoms with Gasteiger partial charge in [-0.1, -0.05) is 56.5 Å². The fraction of sp³-hybridized carbons (Fsp3) is 0.462. The Bertz CT molecular complexity index is 902. The van der Waals surface area contributed by atoms with Gasteiger partial charge in [0.2, 0.25) is 0 Å². The molecule has 0 aliphatic carbocycles. The van der Waals surface area contributed by atoms with E-state index in [-0.39, 0.29) is 11.9 Å². The number of rotatable bonds is 10. The molecule has 0 unspecified atom stereocenters. The maximum absolute atomic E-state index is 12.6. The molecular weight excluding hydrogens is 498 g/mol. The van der Waals surface area contributed by atoms with Gasteiger partial charge < -0.3 is 10.1 Å². The predicted octanol–water partition coefficient (Wildman–Crippen LogP) is 5.68. The Kier molecular flexibility index (Phi) is 10.6. The van der Waals surface area contributed by atoms with Crippen LogP contribution in [0.3, 0.4) is 0 Å². The second kappa shape index (κ2) is 13.7. The van der Waals surface area contributed by atoms with Crippen molar-refractivity contribution in [3.63, 3.8) is 0 Å². The van der Waals surface area contributed by atoms with E-state index < -0.39 is 0 Å². The quantitative estimate of drug-likeness (QED) is 0.305. The monoisotopic (exact) mass is 531 g/mol. The Hall–Kier alpha value is -1.96. The lowest BCUT2D eigenvalue weighted by Gasteiger charge is -2.32. The molecule has 33 heavy (non-hydrogen) atoms. The number of ether oxygens (including phenoxy) is 1. The maximum atomic E-state index is 12.6. The Labute approximate surface area is 211 Å². The molecule has 1 aliphatic heterocycles. The normalized spacial score (nSPS) is 14.6. The minimum atomic E-state index is -0.218. The zero-order valence-corrected chi connectivity index (χ0v) is 21.7. The first-order chi connectivity index (χ1) is 16.0. The molecule has 1 saturated heterocycles. The highest BCUT2D eigenvalue weighted by Crippen LogP contribution is 2.26. The smallest absolute Gasteiger partial charge is 0.257 e. The zero-order chi connectivity index (χ0) is 23.5. The van der Waals surface area contributed by atoms with Crippen molar-refractivity contribution in [2.75, 3.05) is 19.7 Å². The van der Waals surface area contributed by atoms with Crippen molar-refractivity contribution < 1.29 is 9.53 Å². The van der Waals surface area contributed by atoms with Gasteiger partial charge in [-0.15, -0.1) is 0 Å². The number of benzene rings is 2. The number of hydrogen-bond donors (Lipinski definition) is 2. The summed E-state index contributed by atoms with van der Waals surface area (Å²) in [5, 5.41) is 6.51. The van der Waals surface area contributed by atoms with Crippen LogP contribution in [0.2, 0.25) is 0 Å². The van der Waals surface area contributed by atoms with Crippen molar-refractivity contribution in [3.8, 4) is 5.75 Å². The summed E-state index contributed by atoms with van der Waals surface area (Å²) < 4.78 is 6.60. The number of carbonyl (C=O) groups excluding carboxylic acids is 1. The molecular formula is C26H34BrN3O2S. The number of piperidine rings is 1. The molecule has 5 nitrogen and oxygen atoms in total. The van der Waals surface area contributed by atoms with Crippen LogP contribution in [0.4, 0.5) is 0 Å². The van der Waals surface area contributed by atoms with Gasteiger partial charge in [0.15, 0.2) is 5.11 Å². The third-order valence-electron chi connectivity index (χ3n) is 5.85. The molecule has 3 rings (SSSR count). The van der Waals surface area contributed by atoms with Crippen LogP contribution in [0.1, 0.15) is 61.4 Å². The van der Waals surface area contributed by atoms with Crippen LogP contribution in [-0.2, 0) is 6.54 Å². The lowest BCUT2D eigenvalue weighted by molar-refractivity contribution is 0.0976. The number of likely N-dealkylation sites (tertiary alicyclic amines) is 1. The SMILES string of the molecule is CCCCCCOc1ccc(C(=O)NC(=S)NC2CCN(Cc3ccccc3)CC2)cc1Br. The molecule has 0 radical (unpaired) electrons. The van der Waals surface area contributed by atoms with Crippen LogP contribution in [0.5, 0.6) is 5.75 Å². The van der Waals surface area contributed by atoms with E-state index in [0.717, 1.165) is 49.1 Å². The molecule has 0 bridgehead atoms. The number of carbonyl (C=O) groups is 1. The summed E-state index contributed by atoms with van der Waals surface area (Å²) >= 11 is 8.92. The lowest BCUT2D eigenvalue weighted by atomic mass is 10.0. The molecule has 7 heteroatoms. The summed E-state index contributed by atoms with van der Waals surface area (Å²) in [7, 11) is 0. The number of hydrogen-bond acceptors (Lipinski definition) is 4. The van der Waals surface area contributed by atoms with E-state index in [1.54, 1.807) is 12.1 Å². The first kappa shape index (κ1) is 25.7. The van der Waals surface area contributed by atoms with Crippen LogP contribution < -0.4 is 15.4 Å². The first-order valence-corrected chi connectivity index (χ1v) is 13.1. The van der Waals surface area contributed by atoms with E-state index in [0.29, 0.717) is 17.3 Å². The highest BCUT2D eigenvalue weighted by molar-refractivity contribution is 9.10. The minimum Gasteiger partial charge on any atom is -0.492 e. The van der Waals surface area contributed by atoms with Crippen molar-refractivity contribution in [1.29, 1.82) is 0 Å². The molecule has 1 amide bonds. The van der Waals surface area contributed by atoms with Crippen molar-refractivity contribution in [3.05, 3.63) is 64.1 Å². The number of nitrogens with one attached hydrogen (secondary N) is 2. The standard InChI is InChI=1S/C26H34BrN3O2S/c1-2-3-4-8-17-32-24-12-11-21(18-23(24)27)25(31)29-26(33)28-22-13-15-30(16-14-22)19-20-9-6-5-7-10-20/h5-7,9-12,18,22H,2-4,8,13-17,19H2,1H3,(H2,28,29,31,33). The number of halogens is 1. The average molecular weight is 533 g/mol. The maximum Gasteiger partial charge on any atom is 0.257 e. The van der Waals surface area contributed by atoms with Crippen molar-refractivity contribution in [2.24, 2.45) is 0 Å². The molecule has 178 valence electrons. The van der Waals surface area contributed by atoms with E-state index in [4.69, 9.17) is 17.0 Å². The van der Waals surface area contributed by atoms with E-state index >= 15 is 0 Å². The zero-order valence-electron chi connectivity index (χ0n) is 19.3. The van der Waals surface area contributed by atoms with Gasteiger partial charge in [0.25, 0.3) is 5.91 Å². The van der Waals surface area contributed by atoms with Gasteiger partial charge >= 0.3 is 0 Å². The topological polar surface area (TPSA) is 53.6 Å². The average Bonchev–Trinajstić information content (AvgIpc) is 2.81. The molecule has 2 aromatic rings. The Balaban J connectivity index is 1.39. The Morgan fingerprint density at radius 2 is 1.88 bits per heavy atom. The summed E-state index contributed by atoms with van der Waals surface area (Å²) in [4.78, 5) is 15.1. The summed E-state index contributed by atoms with van der Waals surface area (Å²) in [6.45, 7) is 5.87. The predicted molar refractivity (Wildman–Crippen MR) is 142 cm³/mol. The fourth-order valence-corrected chi connectivity index (χ4v) is 4.70. The molecule has 2 N–H and O–H groups in total. The van der Waals surface area contributed by atoms with Crippen LogP contribution in [0.15, 0.2) is 53.0 Å². The largest absolute Gasteiger partial charge is 0.492 e. The second-order valence-electron chi connectivity index (χ2n) is 8.52. The van der Waals surface area contributed by atoms with Gasteiger partial charge in [-0.3, -0.25) is 15.0 Å². The fourth-order valence-electron chi connectivity index (χ4n) is 3.94. The van der Waals surface area contributed by atoms with Crippen molar-refractivity contribution in [2.45, 2.75) is 58.0 Å². The molecule has 0 spiro atoms. The molecule has 1 aliphatic rings. The minimum absolute atomic E-state index is 0.218. The van der Waals surface area contributed by atoms with Gasteiger partial charge in [-0.2, -0.15) is 0 Å². The highest BCUT2D eigenvalue weighted by Gasteiger charge is 2.20. The molecule has 0 atom stereocenters. The van der Waals surface area contributed by atoms with Crippen molar-refractivity contribution >= 4 is 39.2 Å². The second-order valence-corrected chi connectivity index (χ2v) is 9.78. The van der Waals surface area contributed by atoms with E-state index in [1.165, 1.54) is 24.8 Å². The van der Waals surface area contributed by atoms with Crippen molar-refractivity contribution in [1.82, 2.24) is 15.5 Å². The molecule has 0 aromatic heterocycles. The van der Waals surface area contributed by atoms with Crippen LogP contribution in [0.25, 0.3) is 0 Å². The Morgan fingerprint density at radius 3 is 2.58 bits per heavy atom. The van der Waals surface area contributed by atoms with Gasteiger partial charge in [-0.05, 0) is 71.2 Å². The molecule has 0 saturated carbocycles. The molecule has 2 aromatic carbocycles. The molecule has 1 fully saturated rings. The summed E-state index contributed by atoms with van der Waals surface area (Å²) in [6, 6.07) is 16.2. The van der Waals surface area contributed by atoms with Gasteiger partial charge in [0.1, 0.15) is 5.75 Å². The summed E-state index contributed by atoms with van der Waals surface area (Å²) in [6.07, 6.45) is 6.64. The number of thiocarbonyl (C=S) groups is 1.